The van der Waals surface area contributed by atoms with Gasteiger partial charge in [-0.1, -0.05) is 35.4 Å². The summed E-state index contributed by atoms with van der Waals surface area (Å²) >= 11 is 6.45. The van der Waals surface area contributed by atoms with Crippen LogP contribution in [0, 0.1) is 6.92 Å². The van der Waals surface area contributed by atoms with Gasteiger partial charge in [0.05, 0.1) is 26.9 Å². The van der Waals surface area contributed by atoms with Crippen molar-refractivity contribution < 1.29 is 12.8 Å². The Kier molecular flexibility index (Phi) is 3.97. The van der Waals surface area contributed by atoms with Crippen molar-refractivity contribution in [3.8, 4) is 0 Å². The van der Waals surface area contributed by atoms with Gasteiger partial charge in [0.15, 0.2) is 5.82 Å². The molecule has 1 aromatic heterocycles. The predicted molar refractivity (Wildman–Crippen MR) is 107 cm³/mol. The van der Waals surface area contributed by atoms with Crippen LogP contribution in [0.2, 0.25) is 5.02 Å². The van der Waals surface area contributed by atoms with E-state index in [0.29, 0.717) is 28.2 Å². The minimum absolute atomic E-state index is 0.0323. The van der Waals surface area contributed by atoms with Gasteiger partial charge in [-0.15, -0.1) is 5.10 Å². The van der Waals surface area contributed by atoms with Crippen LogP contribution in [0.25, 0.3) is 10.9 Å². The maximum Gasteiger partial charge on any atom is 0.283 e. The molecule has 2 aromatic carbocycles. The van der Waals surface area contributed by atoms with E-state index < -0.39 is 16.2 Å². The number of hydrogen-bond acceptors (Lipinski definition) is 4. The summed E-state index contributed by atoms with van der Waals surface area (Å²) in [7, 11) is -3.91. The molecule has 0 saturated carbocycles. The van der Waals surface area contributed by atoms with Crippen LogP contribution < -0.4 is 4.90 Å². The molecule has 5 nitrogen and oxygen atoms in total. The van der Waals surface area contributed by atoms with Gasteiger partial charge in [-0.05, 0) is 44.0 Å². The first-order valence-electron chi connectivity index (χ1n) is 9.30. The molecule has 0 N–H and O–H groups in total. The third kappa shape index (κ3) is 2.49. The van der Waals surface area contributed by atoms with Crippen LogP contribution in [-0.4, -0.2) is 35.9 Å². The Labute approximate surface area is 167 Å². The molecule has 3 heterocycles. The number of benzene rings is 2. The Hall–Kier alpha value is -2.12. The number of halogens is 2. The summed E-state index contributed by atoms with van der Waals surface area (Å²) < 4.78 is 42.0. The molecule has 2 saturated heterocycles. The van der Waals surface area contributed by atoms with Crippen LogP contribution in [0.5, 0.6) is 0 Å². The Bertz CT molecular complexity index is 1180. The van der Waals surface area contributed by atoms with E-state index in [1.165, 1.54) is 0 Å². The maximum atomic E-state index is 14.4. The molecule has 2 bridgehead atoms. The monoisotopic (exact) mass is 419 g/mol. The van der Waals surface area contributed by atoms with E-state index in [1.54, 1.807) is 42.5 Å². The number of aromatic nitrogens is 2. The highest BCUT2D eigenvalue weighted by atomic mass is 35.5. The van der Waals surface area contributed by atoms with Gasteiger partial charge >= 0.3 is 0 Å². The number of fused-ring (bicyclic) bond motifs is 3. The largest absolute Gasteiger partial charge is 0.346 e. The van der Waals surface area contributed by atoms with Gasteiger partial charge < -0.3 is 4.90 Å². The Balaban J connectivity index is 1.74. The highest BCUT2D eigenvalue weighted by molar-refractivity contribution is 7.90. The Morgan fingerprint density at radius 2 is 1.89 bits per heavy atom. The molecule has 0 radical (unpaired) electrons. The van der Waals surface area contributed by atoms with Gasteiger partial charge in [-0.3, -0.25) is 0 Å². The van der Waals surface area contributed by atoms with E-state index in [0.717, 1.165) is 22.5 Å². The van der Waals surface area contributed by atoms with E-state index in [-0.39, 0.29) is 17.0 Å². The zero-order valence-electron chi connectivity index (χ0n) is 15.2. The van der Waals surface area contributed by atoms with Crippen molar-refractivity contribution in [1.82, 2.24) is 9.19 Å². The van der Waals surface area contributed by atoms with E-state index >= 15 is 0 Å². The SMILES string of the molecule is Cc1ccc(S(=O)(=O)n2nc(N3C4CCC3C(F)C4)c3c(Cl)cccc32)cc1. The molecule has 0 spiro atoms. The molecular weight excluding hydrogens is 401 g/mol. The lowest BCUT2D eigenvalue weighted by molar-refractivity contribution is 0.280. The molecule has 3 atom stereocenters. The van der Waals surface area contributed by atoms with Gasteiger partial charge in [0.2, 0.25) is 0 Å². The average Bonchev–Trinajstić information content (AvgIpc) is 3.32. The molecule has 8 heteroatoms. The van der Waals surface area contributed by atoms with Crippen LogP contribution in [0.15, 0.2) is 47.4 Å². The van der Waals surface area contributed by atoms with Crippen LogP contribution in [0.3, 0.4) is 0 Å². The number of aryl methyl sites for hydroxylation is 1. The molecule has 0 amide bonds. The van der Waals surface area contributed by atoms with Gasteiger partial charge in [-0.25, -0.2) is 4.39 Å². The van der Waals surface area contributed by atoms with Crippen molar-refractivity contribution >= 4 is 38.3 Å². The first-order chi connectivity index (χ1) is 13.4. The van der Waals surface area contributed by atoms with Crippen molar-refractivity contribution in [2.45, 2.75) is 49.3 Å². The van der Waals surface area contributed by atoms with E-state index in [4.69, 9.17) is 11.6 Å². The molecule has 0 aliphatic carbocycles. The topological polar surface area (TPSA) is 55.2 Å². The van der Waals surface area contributed by atoms with Gasteiger partial charge in [0, 0.05) is 12.5 Å². The lowest BCUT2D eigenvalue weighted by Gasteiger charge is -2.22. The third-order valence-corrected chi connectivity index (χ3v) is 7.78. The van der Waals surface area contributed by atoms with E-state index in [2.05, 4.69) is 5.10 Å². The second-order valence-corrected chi connectivity index (χ2v) is 9.75. The van der Waals surface area contributed by atoms with Crippen molar-refractivity contribution in [1.29, 1.82) is 0 Å². The fourth-order valence-corrected chi connectivity index (χ4v) is 6.03. The first kappa shape index (κ1) is 17.9. The highest BCUT2D eigenvalue weighted by Crippen LogP contribution is 2.45. The van der Waals surface area contributed by atoms with Crippen molar-refractivity contribution in [3.05, 3.63) is 53.1 Å². The van der Waals surface area contributed by atoms with E-state index in [9.17, 15) is 12.8 Å². The molecule has 3 unspecified atom stereocenters. The fourth-order valence-electron chi connectivity index (χ4n) is 4.50. The van der Waals surface area contributed by atoms with E-state index in [1.807, 2.05) is 11.8 Å². The number of anilines is 1. The van der Waals surface area contributed by atoms with Crippen molar-refractivity contribution in [3.63, 3.8) is 0 Å². The molecule has 3 aromatic rings. The fraction of sp³-hybridized carbons (Fsp3) is 0.350. The Morgan fingerprint density at radius 1 is 1.14 bits per heavy atom. The number of alkyl halides is 1. The van der Waals surface area contributed by atoms with Gasteiger partial charge in [-0.2, -0.15) is 12.5 Å². The Morgan fingerprint density at radius 3 is 2.54 bits per heavy atom. The summed E-state index contributed by atoms with van der Waals surface area (Å²) in [5.41, 5.74) is 1.38. The second-order valence-electron chi connectivity index (χ2n) is 7.58. The maximum absolute atomic E-state index is 14.4. The summed E-state index contributed by atoms with van der Waals surface area (Å²) in [6.07, 6.45) is 1.16. The third-order valence-electron chi connectivity index (χ3n) is 5.86. The van der Waals surface area contributed by atoms with Crippen LogP contribution in [-0.2, 0) is 10.0 Å². The summed E-state index contributed by atoms with van der Waals surface area (Å²) in [5.74, 6) is 0.462. The zero-order chi connectivity index (χ0) is 19.6. The summed E-state index contributed by atoms with van der Waals surface area (Å²) in [4.78, 5) is 2.10. The molecule has 2 fully saturated rings. The summed E-state index contributed by atoms with van der Waals surface area (Å²) in [6, 6.07) is 11.5. The predicted octanol–water partition coefficient (Wildman–Crippen LogP) is 4.31. The minimum atomic E-state index is -3.91. The summed E-state index contributed by atoms with van der Waals surface area (Å²) in [6.45, 7) is 1.90. The molecule has 2 aliphatic heterocycles. The minimum Gasteiger partial charge on any atom is -0.346 e. The van der Waals surface area contributed by atoms with Crippen LogP contribution >= 0.6 is 11.6 Å². The van der Waals surface area contributed by atoms with Crippen molar-refractivity contribution in [2.24, 2.45) is 0 Å². The van der Waals surface area contributed by atoms with Crippen LogP contribution in [0.1, 0.15) is 24.8 Å². The second kappa shape index (κ2) is 6.19. The molecule has 2 aliphatic rings. The normalized spacial score (nSPS) is 24.4. The van der Waals surface area contributed by atoms with Gasteiger partial charge in [0.1, 0.15) is 6.17 Å². The van der Waals surface area contributed by atoms with Gasteiger partial charge in [0.25, 0.3) is 10.0 Å². The number of nitrogens with zero attached hydrogens (tertiary/aromatic N) is 3. The smallest absolute Gasteiger partial charge is 0.283 e. The number of rotatable bonds is 3. The molecular formula is C20H19ClFN3O2S. The standard InChI is InChI=1S/C20H19ClFN3O2S/c1-12-5-8-14(9-6-12)28(26,27)25-18-4-2-3-15(21)19(18)20(23-25)24-13-7-10-17(24)16(22)11-13/h2-6,8-9,13,16-17H,7,10-11H2,1H3. The molecule has 146 valence electrons. The molecule has 5 rings (SSSR count). The first-order valence-corrected chi connectivity index (χ1v) is 11.1. The average molecular weight is 420 g/mol. The van der Waals surface area contributed by atoms with Crippen LogP contribution in [0.4, 0.5) is 10.2 Å². The quantitative estimate of drug-likeness (QED) is 0.634. The van der Waals surface area contributed by atoms with Crippen molar-refractivity contribution in [2.75, 3.05) is 4.90 Å². The molecule has 28 heavy (non-hydrogen) atoms. The lowest BCUT2D eigenvalue weighted by Crippen LogP contribution is -2.31. The summed E-state index contributed by atoms with van der Waals surface area (Å²) in [5, 5.41) is 5.46. The highest BCUT2D eigenvalue weighted by Gasteiger charge is 2.48. The zero-order valence-corrected chi connectivity index (χ0v) is 16.8. The lowest BCUT2D eigenvalue weighted by atomic mass is 9.99. The number of hydrogen-bond donors (Lipinski definition) is 0.